The van der Waals surface area contributed by atoms with E-state index in [1.54, 1.807) is 0 Å². The SMILES string of the molecule is c1ccc(-n2c3ccccc3c3cc(-c4ccc5c(c4)c4ccccc4n5-c4nc(-c5cccc(-c6cccc7ccccc67)c5)c5ccccn45)ccc32)cc1. The number of hydrogen-bond donors (Lipinski definition) is 0. The summed E-state index contributed by atoms with van der Waals surface area (Å²) in [5.41, 5.74) is 13.7. The van der Waals surface area contributed by atoms with Crippen molar-refractivity contribution in [1.29, 1.82) is 0 Å². The van der Waals surface area contributed by atoms with E-state index in [9.17, 15) is 0 Å². The second kappa shape index (κ2) is 12.4. The molecule has 0 fully saturated rings. The lowest BCUT2D eigenvalue weighted by Crippen LogP contribution is -2.00. The Bertz CT molecular complexity index is 3520. The zero-order chi connectivity index (χ0) is 37.5. The number of benzene rings is 8. The molecule has 8 aromatic carbocycles. The Hall–Kier alpha value is -7.69. The zero-order valence-corrected chi connectivity index (χ0v) is 30.9. The molecular weight excluding hydrogens is 693 g/mol. The van der Waals surface area contributed by atoms with Crippen molar-refractivity contribution >= 4 is 59.9 Å². The number of nitrogens with zero attached hydrogens (tertiary/aromatic N) is 4. The van der Waals surface area contributed by atoms with Gasteiger partial charge in [0.2, 0.25) is 5.95 Å². The van der Waals surface area contributed by atoms with Gasteiger partial charge < -0.3 is 4.57 Å². The first-order chi connectivity index (χ1) is 28.3. The number of para-hydroxylation sites is 3. The van der Waals surface area contributed by atoms with Gasteiger partial charge in [-0.2, -0.15) is 0 Å². The van der Waals surface area contributed by atoms with Crippen molar-refractivity contribution in [3.05, 3.63) is 206 Å². The molecule has 12 aromatic rings. The van der Waals surface area contributed by atoms with Gasteiger partial charge in [-0.1, -0.05) is 133 Å². The fraction of sp³-hybridized carbons (Fsp3) is 0. The summed E-state index contributed by atoms with van der Waals surface area (Å²) in [6, 6.07) is 72.2. The van der Waals surface area contributed by atoms with Crippen LogP contribution in [0.15, 0.2) is 206 Å². The van der Waals surface area contributed by atoms with Crippen LogP contribution in [0.2, 0.25) is 0 Å². The van der Waals surface area contributed by atoms with Crippen LogP contribution in [0.3, 0.4) is 0 Å². The molecule has 0 unspecified atom stereocenters. The molecule has 4 nitrogen and oxygen atoms in total. The molecule has 0 aliphatic carbocycles. The number of hydrogen-bond acceptors (Lipinski definition) is 1. The van der Waals surface area contributed by atoms with E-state index >= 15 is 0 Å². The largest absolute Gasteiger partial charge is 0.309 e. The third kappa shape index (κ3) is 4.84. The lowest BCUT2D eigenvalue weighted by Gasteiger charge is -2.09. The standard InChI is InChI=1S/C53H34N4/c1-2-18-40(19-3-1)56-47-24-8-6-21-43(47)45-33-36(27-29-49(45)56)37-28-30-50-46(34-37)44-22-7-9-25-48(44)57(50)53-54-52(51-26-10-11-31-55(51)53)39-17-12-16-38(32-39)42-23-13-15-35-14-4-5-20-41(35)42/h1-34H. The molecule has 0 saturated carbocycles. The molecule has 4 heteroatoms. The maximum Gasteiger partial charge on any atom is 0.220 e. The van der Waals surface area contributed by atoms with Crippen molar-refractivity contribution in [2.75, 3.05) is 0 Å². The zero-order valence-electron chi connectivity index (χ0n) is 30.9. The van der Waals surface area contributed by atoms with Crippen LogP contribution in [-0.4, -0.2) is 18.5 Å². The summed E-state index contributed by atoms with van der Waals surface area (Å²) < 4.78 is 6.93. The average Bonchev–Trinajstić information content (AvgIpc) is 3.94. The van der Waals surface area contributed by atoms with Crippen molar-refractivity contribution in [2.45, 2.75) is 0 Å². The van der Waals surface area contributed by atoms with Gasteiger partial charge in [-0.15, -0.1) is 0 Å². The number of aromatic nitrogens is 4. The van der Waals surface area contributed by atoms with Gasteiger partial charge in [0.05, 0.1) is 33.3 Å². The summed E-state index contributed by atoms with van der Waals surface area (Å²) in [6.45, 7) is 0. The van der Waals surface area contributed by atoms with Gasteiger partial charge in [0.25, 0.3) is 0 Å². The molecule has 0 amide bonds. The maximum absolute atomic E-state index is 5.49. The highest BCUT2D eigenvalue weighted by Gasteiger charge is 2.21. The highest BCUT2D eigenvalue weighted by molar-refractivity contribution is 6.12. The lowest BCUT2D eigenvalue weighted by molar-refractivity contribution is 0.983. The van der Waals surface area contributed by atoms with E-state index in [4.69, 9.17) is 4.98 Å². The summed E-state index contributed by atoms with van der Waals surface area (Å²) in [7, 11) is 0. The summed E-state index contributed by atoms with van der Waals surface area (Å²) in [5, 5.41) is 7.37. The first-order valence-corrected chi connectivity index (χ1v) is 19.5. The van der Waals surface area contributed by atoms with Gasteiger partial charge in [-0.25, -0.2) is 4.98 Å². The first-order valence-electron chi connectivity index (χ1n) is 19.5. The van der Waals surface area contributed by atoms with Crippen LogP contribution in [0.5, 0.6) is 0 Å². The molecule has 0 aliphatic heterocycles. The highest BCUT2D eigenvalue weighted by Crippen LogP contribution is 2.40. The van der Waals surface area contributed by atoms with Crippen LogP contribution in [0.4, 0.5) is 0 Å². The molecule has 266 valence electrons. The Morgan fingerprint density at radius 1 is 0.333 bits per heavy atom. The summed E-state index contributed by atoms with van der Waals surface area (Å²) in [4.78, 5) is 5.49. The van der Waals surface area contributed by atoms with E-state index in [0.717, 1.165) is 39.4 Å². The average molecular weight is 727 g/mol. The molecule has 4 aromatic heterocycles. The fourth-order valence-electron chi connectivity index (χ4n) is 9.08. The third-order valence-electron chi connectivity index (χ3n) is 11.7. The van der Waals surface area contributed by atoms with E-state index in [1.807, 2.05) is 0 Å². The molecule has 0 aliphatic rings. The van der Waals surface area contributed by atoms with Gasteiger partial charge in [-0.3, -0.25) is 8.97 Å². The summed E-state index contributed by atoms with van der Waals surface area (Å²) >= 11 is 0. The van der Waals surface area contributed by atoms with Crippen LogP contribution in [0.25, 0.3) is 105 Å². The highest BCUT2D eigenvalue weighted by atomic mass is 15.2. The molecular formula is C53H34N4. The maximum atomic E-state index is 5.49. The number of rotatable bonds is 5. The second-order valence-corrected chi connectivity index (χ2v) is 14.8. The van der Waals surface area contributed by atoms with Crippen LogP contribution in [0, 0.1) is 0 Å². The monoisotopic (exact) mass is 726 g/mol. The van der Waals surface area contributed by atoms with Crippen LogP contribution >= 0.6 is 0 Å². The number of pyridine rings is 1. The molecule has 0 saturated heterocycles. The van der Waals surface area contributed by atoms with E-state index in [0.29, 0.717) is 0 Å². The predicted octanol–water partition coefficient (Wildman–Crippen LogP) is 13.7. The molecule has 4 heterocycles. The van der Waals surface area contributed by atoms with E-state index < -0.39 is 0 Å². The molecule has 12 rings (SSSR count). The van der Waals surface area contributed by atoms with Gasteiger partial charge in [-0.05, 0) is 99.8 Å². The Morgan fingerprint density at radius 2 is 0.895 bits per heavy atom. The smallest absolute Gasteiger partial charge is 0.220 e. The van der Waals surface area contributed by atoms with Crippen molar-refractivity contribution in [2.24, 2.45) is 0 Å². The normalized spacial score (nSPS) is 11.9. The molecule has 0 atom stereocenters. The van der Waals surface area contributed by atoms with Crippen molar-refractivity contribution in [1.82, 2.24) is 18.5 Å². The molecule has 0 N–H and O–H groups in total. The summed E-state index contributed by atoms with van der Waals surface area (Å²) in [5.74, 6) is 0.866. The second-order valence-electron chi connectivity index (χ2n) is 14.8. The van der Waals surface area contributed by atoms with Crippen LogP contribution in [-0.2, 0) is 0 Å². The minimum absolute atomic E-state index is 0.866. The van der Waals surface area contributed by atoms with Crippen molar-refractivity contribution in [3.63, 3.8) is 0 Å². The van der Waals surface area contributed by atoms with E-state index in [1.165, 1.54) is 65.6 Å². The molecule has 57 heavy (non-hydrogen) atoms. The van der Waals surface area contributed by atoms with E-state index in [-0.39, 0.29) is 0 Å². The lowest BCUT2D eigenvalue weighted by atomic mass is 9.96. The van der Waals surface area contributed by atoms with Gasteiger partial charge in [0.15, 0.2) is 0 Å². The van der Waals surface area contributed by atoms with Gasteiger partial charge in [0.1, 0.15) is 0 Å². The Labute approximate surface area is 328 Å². The predicted molar refractivity (Wildman–Crippen MR) is 238 cm³/mol. The van der Waals surface area contributed by atoms with E-state index in [2.05, 4.69) is 220 Å². The molecule has 0 spiro atoms. The first kappa shape index (κ1) is 31.6. The summed E-state index contributed by atoms with van der Waals surface area (Å²) in [6.07, 6.45) is 2.13. The topological polar surface area (TPSA) is 27.2 Å². The van der Waals surface area contributed by atoms with Gasteiger partial charge >= 0.3 is 0 Å². The van der Waals surface area contributed by atoms with Crippen molar-refractivity contribution in [3.8, 4) is 45.1 Å². The Kier molecular flexibility index (Phi) is 6.89. The van der Waals surface area contributed by atoms with Gasteiger partial charge in [0, 0.05) is 39.0 Å². The Morgan fingerprint density at radius 3 is 1.67 bits per heavy atom. The van der Waals surface area contributed by atoms with Crippen LogP contribution < -0.4 is 0 Å². The number of imidazole rings is 1. The quantitative estimate of drug-likeness (QED) is 0.173. The minimum Gasteiger partial charge on any atom is -0.309 e. The van der Waals surface area contributed by atoms with Crippen molar-refractivity contribution < 1.29 is 0 Å². The third-order valence-corrected chi connectivity index (χ3v) is 11.7. The minimum atomic E-state index is 0.866. The number of fused-ring (bicyclic) bond motifs is 8. The van der Waals surface area contributed by atoms with Crippen LogP contribution in [0.1, 0.15) is 0 Å². The fourth-order valence-corrected chi connectivity index (χ4v) is 9.08. The Balaban J connectivity index is 1.02. The molecule has 0 radical (unpaired) electrons. The molecule has 0 bridgehead atoms.